The van der Waals surface area contributed by atoms with Gasteiger partial charge in [0.15, 0.2) is 0 Å². The number of para-hydroxylation sites is 1. The molecular weight excluding hydrogens is 263 g/mol. The molecule has 0 spiro atoms. The van der Waals surface area contributed by atoms with Gasteiger partial charge in [0, 0.05) is 6.54 Å². The molecule has 1 aliphatic rings. The second kappa shape index (κ2) is 5.90. The summed E-state index contributed by atoms with van der Waals surface area (Å²) in [5.41, 5.74) is -0.812. The van der Waals surface area contributed by atoms with Crippen LogP contribution in [0.4, 0.5) is 14.9 Å². The van der Waals surface area contributed by atoms with Gasteiger partial charge >= 0.3 is 12.0 Å². The number of carbonyl (C=O) groups is 2. The number of aliphatic carboxylic acids is 1. The normalized spacial score (nSPS) is 16.6. The monoisotopic (exact) mass is 280 g/mol. The van der Waals surface area contributed by atoms with Gasteiger partial charge in [-0.2, -0.15) is 0 Å². The molecule has 108 valence electrons. The van der Waals surface area contributed by atoms with Crippen LogP contribution >= 0.6 is 0 Å². The van der Waals surface area contributed by atoms with Crippen LogP contribution in [0.3, 0.4) is 0 Å². The van der Waals surface area contributed by atoms with Crippen molar-refractivity contribution in [1.82, 2.24) is 5.32 Å². The number of carboxylic acids is 1. The summed E-state index contributed by atoms with van der Waals surface area (Å²) in [5.74, 6) is -1.42. The van der Waals surface area contributed by atoms with Crippen molar-refractivity contribution in [2.75, 3.05) is 11.9 Å². The fourth-order valence-corrected chi connectivity index (χ4v) is 2.50. The standard InChI is InChI=1S/C14H17FN2O3/c15-10-5-1-2-6-11(10)17-13(20)16-9-14(12(18)19)7-3-4-8-14/h1-2,5-6H,3-4,7-9H2,(H,18,19)(H2,16,17,20). The molecule has 2 rings (SSSR count). The maximum Gasteiger partial charge on any atom is 0.319 e. The maximum absolute atomic E-state index is 13.4. The first-order valence-electron chi connectivity index (χ1n) is 6.56. The van der Waals surface area contributed by atoms with E-state index in [1.54, 1.807) is 6.07 Å². The molecule has 0 aromatic heterocycles. The molecule has 0 heterocycles. The molecule has 0 saturated heterocycles. The zero-order valence-electron chi connectivity index (χ0n) is 11.0. The van der Waals surface area contributed by atoms with Crippen LogP contribution < -0.4 is 10.6 Å². The van der Waals surface area contributed by atoms with E-state index >= 15 is 0 Å². The lowest BCUT2D eigenvalue weighted by Gasteiger charge is -2.24. The molecule has 0 unspecified atom stereocenters. The Kier molecular flexibility index (Phi) is 4.22. The van der Waals surface area contributed by atoms with Gasteiger partial charge in [0.2, 0.25) is 0 Å². The molecule has 3 N–H and O–H groups in total. The highest BCUT2D eigenvalue weighted by Crippen LogP contribution is 2.37. The number of amides is 2. The lowest BCUT2D eigenvalue weighted by molar-refractivity contribution is -0.148. The van der Waals surface area contributed by atoms with E-state index in [0.29, 0.717) is 12.8 Å². The Labute approximate surface area is 116 Å². The molecule has 0 aliphatic heterocycles. The van der Waals surface area contributed by atoms with Gasteiger partial charge in [-0.25, -0.2) is 9.18 Å². The van der Waals surface area contributed by atoms with Crippen molar-refractivity contribution in [3.05, 3.63) is 30.1 Å². The average molecular weight is 280 g/mol. The fourth-order valence-electron chi connectivity index (χ4n) is 2.50. The average Bonchev–Trinajstić information content (AvgIpc) is 2.89. The van der Waals surface area contributed by atoms with E-state index in [-0.39, 0.29) is 12.2 Å². The molecule has 20 heavy (non-hydrogen) atoms. The van der Waals surface area contributed by atoms with Gasteiger partial charge in [0.1, 0.15) is 5.82 Å². The zero-order chi connectivity index (χ0) is 14.6. The van der Waals surface area contributed by atoms with Crippen LogP contribution in [-0.2, 0) is 4.79 Å². The third kappa shape index (κ3) is 3.07. The van der Waals surface area contributed by atoms with E-state index in [4.69, 9.17) is 0 Å². The molecule has 0 bridgehead atoms. The number of carboxylic acid groups (broad SMARTS) is 1. The SMILES string of the molecule is O=C(NCC1(C(=O)O)CCCC1)Nc1ccccc1F. The highest BCUT2D eigenvalue weighted by atomic mass is 19.1. The molecule has 1 aliphatic carbocycles. The fraction of sp³-hybridized carbons (Fsp3) is 0.429. The van der Waals surface area contributed by atoms with Crippen LogP contribution in [0.25, 0.3) is 0 Å². The van der Waals surface area contributed by atoms with Crippen LogP contribution in [-0.4, -0.2) is 23.7 Å². The quantitative estimate of drug-likeness (QED) is 0.793. The second-order valence-electron chi connectivity index (χ2n) is 5.08. The number of nitrogens with one attached hydrogen (secondary N) is 2. The van der Waals surface area contributed by atoms with Gasteiger partial charge in [0.25, 0.3) is 0 Å². The number of benzene rings is 1. The number of carbonyl (C=O) groups excluding carboxylic acids is 1. The number of urea groups is 1. The van der Waals surface area contributed by atoms with Gasteiger partial charge in [-0.1, -0.05) is 25.0 Å². The van der Waals surface area contributed by atoms with Crippen LogP contribution in [0, 0.1) is 11.2 Å². The van der Waals surface area contributed by atoms with E-state index in [2.05, 4.69) is 10.6 Å². The van der Waals surface area contributed by atoms with Crippen molar-refractivity contribution in [1.29, 1.82) is 0 Å². The molecule has 2 amide bonds. The molecule has 1 aromatic carbocycles. The van der Waals surface area contributed by atoms with Crippen LogP contribution in [0.1, 0.15) is 25.7 Å². The summed E-state index contributed by atoms with van der Waals surface area (Å²) in [6.45, 7) is 0.0582. The third-order valence-corrected chi connectivity index (χ3v) is 3.72. The Hall–Kier alpha value is -2.11. The summed E-state index contributed by atoms with van der Waals surface area (Å²) in [7, 11) is 0. The number of halogens is 1. The lowest BCUT2D eigenvalue weighted by Crippen LogP contribution is -2.42. The van der Waals surface area contributed by atoms with Crippen molar-refractivity contribution >= 4 is 17.7 Å². The Morgan fingerprint density at radius 2 is 1.90 bits per heavy atom. The summed E-state index contributed by atoms with van der Waals surface area (Å²) >= 11 is 0. The third-order valence-electron chi connectivity index (χ3n) is 3.72. The van der Waals surface area contributed by atoms with Crippen molar-refractivity contribution < 1.29 is 19.1 Å². The van der Waals surface area contributed by atoms with E-state index < -0.39 is 23.2 Å². The van der Waals surface area contributed by atoms with E-state index in [0.717, 1.165) is 12.8 Å². The summed E-state index contributed by atoms with van der Waals surface area (Å²) in [5, 5.41) is 14.2. The van der Waals surface area contributed by atoms with E-state index in [9.17, 15) is 19.1 Å². The topological polar surface area (TPSA) is 78.4 Å². The Morgan fingerprint density at radius 3 is 2.50 bits per heavy atom. The van der Waals surface area contributed by atoms with Gasteiger partial charge in [0.05, 0.1) is 11.1 Å². The number of hydrogen-bond acceptors (Lipinski definition) is 2. The van der Waals surface area contributed by atoms with Gasteiger partial charge in [-0.15, -0.1) is 0 Å². The zero-order valence-corrected chi connectivity index (χ0v) is 11.0. The van der Waals surface area contributed by atoms with Gasteiger partial charge in [-0.3, -0.25) is 4.79 Å². The molecule has 1 fully saturated rings. The van der Waals surface area contributed by atoms with Crippen LogP contribution in [0.2, 0.25) is 0 Å². The first-order chi connectivity index (χ1) is 9.53. The first-order valence-corrected chi connectivity index (χ1v) is 6.56. The number of hydrogen-bond donors (Lipinski definition) is 3. The predicted octanol–water partition coefficient (Wildman–Crippen LogP) is 2.59. The summed E-state index contributed by atoms with van der Waals surface area (Å²) < 4.78 is 13.4. The van der Waals surface area contributed by atoms with Crippen molar-refractivity contribution in [2.45, 2.75) is 25.7 Å². The Morgan fingerprint density at radius 1 is 1.25 bits per heavy atom. The van der Waals surface area contributed by atoms with Crippen LogP contribution in [0.15, 0.2) is 24.3 Å². The van der Waals surface area contributed by atoms with Crippen molar-refractivity contribution in [2.24, 2.45) is 5.41 Å². The predicted molar refractivity (Wildman–Crippen MR) is 72.0 cm³/mol. The highest BCUT2D eigenvalue weighted by Gasteiger charge is 2.41. The minimum absolute atomic E-state index is 0.0582. The maximum atomic E-state index is 13.4. The van der Waals surface area contributed by atoms with Crippen molar-refractivity contribution in [3.63, 3.8) is 0 Å². The minimum Gasteiger partial charge on any atom is -0.481 e. The first kappa shape index (κ1) is 14.3. The smallest absolute Gasteiger partial charge is 0.319 e. The van der Waals surface area contributed by atoms with Crippen LogP contribution in [0.5, 0.6) is 0 Å². The summed E-state index contributed by atoms with van der Waals surface area (Å²) in [6, 6.07) is 5.22. The Balaban J connectivity index is 1.92. The van der Waals surface area contributed by atoms with Gasteiger partial charge < -0.3 is 15.7 Å². The molecule has 1 saturated carbocycles. The van der Waals surface area contributed by atoms with E-state index in [1.807, 2.05) is 0 Å². The lowest BCUT2D eigenvalue weighted by atomic mass is 9.86. The summed E-state index contributed by atoms with van der Waals surface area (Å²) in [4.78, 5) is 23.0. The molecule has 1 aromatic rings. The minimum atomic E-state index is -0.888. The largest absolute Gasteiger partial charge is 0.481 e. The summed E-state index contributed by atoms with van der Waals surface area (Å²) in [6.07, 6.45) is 2.82. The molecule has 5 nitrogen and oxygen atoms in total. The molecular formula is C14H17FN2O3. The van der Waals surface area contributed by atoms with E-state index in [1.165, 1.54) is 18.2 Å². The molecule has 0 atom stereocenters. The Bertz CT molecular complexity index is 513. The number of rotatable bonds is 4. The molecule has 6 heteroatoms. The van der Waals surface area contributed by atoms with Crippen molar-refractivity contribution in [3.8, 4) is 0 Å². The highest BCUT2D eigenvalue weighted by molar-refractivity contribution is 5.89. The second-order valence-corrected chi connectivity index (χ2v) is 5.08. The molecule has 0 radical (unpaired) electrons. The number of anilines is 1. The van der Waals surface area contributed by atoms with Gasteiger partial charge in [-0.05, 0) is 25.0 Å².